The third-order valence-corrected chi connectivity index (χ3v) is 6.44. The van der Waals surface area contributed by atoms with Gasteiger partial charge in [-0.2, -0.15) is 0 Å². The van der Waals surface area contributed by atoms with Gasteiger partial charge >= 0.3 is 0 Å². The van der Waals surface area contributed by atoms with Crippen LogP contribution in [-0.4, -0.2) is 34.0 Å². The van der Waals surface area contributed by atoms with Crippen molar-refractivity contribution in [2.24, 2.45) is 11.8 Å². The quantitative estimate of drug-likeness (QED) is 0.729. The van der Waals surface area contributed by atoms with Crippen LogP contribution in [0.25, 0.3) is 0 Å². The van der Waals surface area contributed by atoms with Gasteiger partial charge in [0.15, 0.2) is 5.78 Å². The third kappa shape index (κ3) is 5.18. The summed E-state index contributed by atoms with van der Waals surface area (Å²) in [7, 11) is 0. The van der Waals surface area contributed by atoms with E-state index in [2.05, 4.69) is 35.2 Å². The molecular weight excluding hydrogens is 374 g/mol. The first-order valence-electron chi connectivity index (χ1n) is 10.3. The Morgan fingerprint density at radius 2 is 1.57 bits per heavy atom. The number of benzene rings is 2. The van der Waals surface area contributed by atoms with Gasteiger partial charge in [-0.3, -0.25) is 9.69 Å². The van der Waals surface area contributed by atoms with Gasteiger partial charge in [0.1, 0.15) is 0 Å². The average molecular weight is 412 g/mol. The van der Waals surface area contributed by atoms with Crippen molar-refractivity contribution in [3.8, 4) is 0 Å². The Bertz CT molecular complexity index is 826. The van der Waals surface area contributed by atoms with Crippen molar-refractivity contribution in [2.75, 3.05) is 13.1 Å². The lowest BCUT2D eigenvalue weighted by Crippen LogP contribution is -2.34. The van der Waals surface area contributed by atoms with E-state index in [-0.39, 0.29) is 39.8 Å². The fourth-order valence-corrected chi connectivity index (χ4v) is 4.83. The van der Waals surface area contributed by atoms with Gasteiger partial charge < -0.3 is 10.2 Å². The lowest BCUT2D eigenvalue weighted by Gasteiger charge is -2.33. The van der Waals surface area contributed by atoms with E-state index in [1.165, 1.54) is 5.56 Å². The highest BCUT2D eigenvalue weighted by molar-refractivity contribution is 6.02. The van der Waals surface area contributed by atoms with Crippen molar-refractivity contribution < 1.29 is 15.0 Å². The van der Waals surface area contributed by atoms with E-state index in [0.717, 1.165) is 62.0 Å². The zero-order valence-electron chi connectivity index (χ0n) is 16.3. The molecule has 1 saturated heterocycles. The predicted molar refractivity (Wildman–Crippen MR) is 122 cm³/mol. The highest BCUT2D eigenvalue weighted by Crippen LogP contribution is 2.35. The largest absolute Gasteiger partial charge is 0.392 e. The smallest absolute Gasteiger partial charge is 0.166 e. The van der Waals surface area contributed by atoms with Gasteiger partial charge in [-0.15, -0.1) is 0 Å². The predicted octanol–water partition coefficient (Wildman–Crippen LogP) is 4.60. The molecule has 0 amide bonds. The third-order valence-electron chi connectivity index (χ3n) is 6.44. The summed E-state index contributed by atoms with van der Waals surface area (Å²) in [6.07, 6.45) is 4.03. The van der Waals surface area contributed by atoms with Crippen LogP contribution in [0, 0.1) is 11.8 Å². The molecule has 1 atom stereocenters. The maximum absolute atomic E-state index is 12.9. The molecule has 2 N–H and O–H groups in total. The van der Waals surface area contributed by atoms with Gasteiger partial charge in [-0.1, -0.05) is 51.3 Å². The monoisotopic (exact) mass is 411 g/mol. The van der Waals surface area contributed by atoms with Gasteiger partial charge in [0, 0.05) is 18.0 Å². The highest BCUT2D eigenvalue weighted by atomic mass is 16.3. The summed E-state index contributed by atoms with van der Waals surface area (Å²) in [5, 5.41) is 19.0. The Labute approximate surface area is 181 Å². The fourth-order valence-electron chi connectivity index (χ4n) is 4.83. The van der Waals surface area contributed by atoms with Gasteiger partial charge in [0.25, 0.3) is 0 Å². The van der Waals surface area contributed by atoms with E-state index < -0.39 is 0 Å². The van der Waals surface area contributed by atoms with Crippen LogP contribution < -0.4 is 0 Å². The van der Waals surface area contributed by atoms with E-state index in [1.807, 2.05) is 6.07 Å². The molecule has 164 valence electrons. The lowest BCUT2D eigenvalue weighted by molar-refractivity contribution is 0.0895. The number of carbonyl (C=O) groups excluding carboxylic acids is 1. The van der Waals surface area contributed by atoms with Crippen molar-refractivity contribution >= 4 is 5.78 Å². The normalized spacial score (nSPS) is 19.1. The Kier molecular flexibility index (Phi) is 8.78. The summed E-state index contributed by atoms with van der Waals surface area (Å²) in [6, 6.07) is 14.3. The Morgan fingerprint density at radius 1 is 0.933 bits per heavy atom. The number of hydrogen-bond acceptors (Lipinski definition) is 4. The number of nitrogens with zero attached hydrogens (tertiary/aromatic N) is 1. The Hall–Kier alpha value is -2.01. The first-order chi connectivity index (χ1) is 13.7. The first-order valence-corrected chi connectivity index (χ1v) is 10.3. The molecule has 1 heterocycles. The van der Waals surface area contributed by atoms with Crippen molar-refractivity contribution in [3.05, 3.63) is 70.3 Å². The molecule has 1 aliphatic carbocycles. The minimum Gasteiger partial charge on any atom is -0.392 e. The summed E-state index contributed by atoms with van der Waals surface area (Å²) >= 11 is 0. The van der Waals surface area contributed by atoms with Gasteiger partial charge in [0.2, 0.25) is 0 Å². The summed E-state index contributed by atoms with van der Waals surface area (Å²) < 4.78 is 0. The molecule has 2 aromatic carbocycles. The number of carbonyl (C=O) groups is 1. The molecule has 1 unspecified atom stereocenters. The molecule has 1 aliphatic heterocycles. The number of fused-ring (bicyclic) bond motifs is 1. The molecule has 1 fully saturated rings. The minimum atomic E-state index is -0.138. The van der Waals surface area contributed by atoms with E-state index in [0.29, 0.717) is 11.5 Å². The van der Waals surface area contributed by atoms with E-state index in [1.54, 1.807) is 6.07 Å². The van der Waals surface area contributed by atoms with Crippen LogP contribution in [0.15, 0.2) is 42.5 Å². The van der Waals surface area contributed by atoms with Crippen molar-refractivity contribution in [2.45, 2.75) is 60.3 Å². The summed E-state index contributed by atoms with van der Waals surface area (Å²) in [4.78, 5) is 15.4. The average Bonchev–Trinajstić information content (AvgIpc) is 3.03. The van der Waals surface area contributed by atoms with Crippen molar-refractivity contribution in [3.63, 3.8) is 0 Å². The number of hydrogen-bond donors (Lipinski definition) is 2. The molecule has 2 aliphatic rings. The molecule has 4 heteroatoms. The molecule has 0 spiro atoms. The maximum Gasteiger partial charge on any atom is 0.166 e. The van der Waals surface area contributed by atoms with Crippen LogP contribution >= 0.6 is 0 Å². The standard InChI is InChI=1S/C24H29NO3.2CH4/c26-15-21-12-19-11-20(24(28)23(19)13-22(21)16-27)10-17-6-8-25(9-7-17)14-18-4-2-1-3-5-18;;/h1-5,12-13,17,20,26-27H,6-11,14-16H2;2*1H4. The molecule has 2 aromatic rings. The molecule has 0 bridgehead atoms. The summed E-state index contributed by atoms with van der Waals surface area (Å²) in [5.41, 5.74) is 4.57. The van der Waals surface area contributed by atoms with E-state index in [9.17, 15) is 15.0 Å². The molecular formula is C26H37NO3. The molecule has 0 aromatic heterocycles. The second-order valence-corrected chi connectivity index (χ2v) is 8.30. The zero-order valence-corrected chi connectivity index (χ0v) is 16.3. The maximum atomic E-state index is 12.9. The van der Waals surface area contributed by atoms with Gasteiger partial charge in [0.05, 0.1) is 13.2 Å². The minimum absolute atomic E-state index is 0. The Balaban J connectivity index is 0.00000160. The number of rotatable bonds is 6. The van der Waals surface area contributed by atoms with Crippen LogP contribution in [0.3, 0.4) is 0 Å². The van der Waals surface area contributed by atoms with E-state index in [4.69, 9.17) is 0 Å². The first kappa shape index (κ1) is 24.3. The number of Topliss-reactive ketones (excluding diaryl/α,β-unsaturated/α-hetero) is 1. The Morgan fingerprint density at radius 3 is 2.20 bits per heavy atom. The highest BCUT2D eigenvalue weighted by Gasteiger charge is 2.34. The van der Waals surface area contributed by atoms with Crippen LogP contribution in [0.1, 0.15) is 66.7 Å². The second kappa shape index (κ2) is 10.9. The SMILES string of the molecule is C.C.O=C1c2cc(CO)c(CO)cc2CC1CC1CCN(Cc2ccccc2)CC1. The van der Waals surface area contributed by atoms with Gasteiger partial charge in [-0.25, -0.2) is 0 Å². The number of piperidine rings is 1. The molecule has 4 rings (SSSR count). The van der Waals surface area contributed by atoms with E-state index >= 15 is 0 Å². The molecule has 30 heavy (non-hydrogen) atoms. The van der Waals surface area contributed by atoms with Crippen molar-refractivity contribution in [1.82, 2.24) is 4.90 Å². The number of ketones is 1. The number of likely N-dealkylation sites (tertiary alicyclic amines) is 1. The van der Waals surface area contributed by atoms with Crippen molar-refractivity contribution in [1.29, 1.82) is 0 Å². The topological polar surface area (TPSA) is 60.8 Å². The summed E-state index contributed by atoms with van der Waals surface area (Å²) in [5.74, 6) is 0.881. The lowest BCUT2D eigenvalue weighted by atomic mass is 9.85. The van der Waals surface area contributed by atoms with Crippen LogP contribution in [-0.2, 0) is 26.2 Å². The van der Waals surface area contributed by atoms with Crippen LogP contribution in [0.4, 0.5) is 0 Å². The van der Waals surface area contributed by atoms with Crippen LogP contribution in [0.5, 0.6) is 0 Å². The molecule has 0 radical (unpaired) electrons. The van der Waals surface area contributed by atoms with Gasteiger partial charge in [-0.05, 0) is 73.0 Å². The number of aliphatic hydroxyl groups excluding tert-OH is 2. The molecule has 0 saturated carbocycles. The fraction of sp³-hybridized carbons (Fsp3) is 0.500. The summed E-state index contributed by atoms with van der Waals surface area (Å²) in [6.45, 7) is 2.96. The zero-order chi connectivity index (χ0) is 19.5. The second-order valence-electron chi connectivity index (χ2n) is 8.30. The van der Waals surface area contributed by atoms with Crippen LogP contribution in [0.2, 0.25) is 0 Å². The number of aliphatic hydroxyl groups is 2. The molecule has 4 nitrogen and oxygen atoms in total.